The first-order chi connectivity index (χ1) is 6.75. The van der Waals surface area contributed by atoms with Crippen LogP contribution >= 0.6 is 22.3 Å². The molecule has 5 nitrogen and oxygen atoms in total. The van der Waals surface area contributed by atoms with E-state index in [0.29, 0.717) is 6.07 Å². The zero-order valence-electron chi connectivity index (χ0n) is 6.78. The van der Waals surface area contributed by atoms with Crippen LogP contribution in [0.1, 0.15) is 0 Å². The van der Waals surface area contributed by atoms with Crippen LogP contribution in [0.3, 0.4) is 0 Å². The molecule has 0 aliphatic heterocycles. The van der Waals surface area contributed by atoms with Crippen LogP contribution in [0.5, 0.6) is 0 Å². The number of halogens is 3. The lowest BCUT2D eigenvalue weighted by molar-refractivity contribution is -0.385. The highest BCUT2D eigenvalue weighted by atomic mass is 35.7. The predicted molar refractivity (Wildman–Crippen MR) is 51.1 cm³/mol. The summed E-state index contributed by atoms with van der Waals surface area (Å²) >= 11 is 5.35. The van der Waals surface area contributed by atoms with Crippen LogP contribution in [-0.2, 0) is 9.05 Å². The van der Waals surface area contributed by atoms with Crippen LogP contribution in [0, 0.1) is 15.9 Å². The van der Waals surface area contributed by atoms with E-state index in [2.05, 4.69) is 0 Å². The summed E-state index contributed by atoms with van der Waals surface area (Å²) < 4.78 is 34.8. The molecule has 0 saturated carbocycles. The second-order valence-corrected chi connectivity index (χ2v) is 5.29. The maximum Gasteiger partial charge on any atom is 0.289 e. The van der Waals surface area contributed by atoms with Crippen LogP contribution in [0.2, 0.25) is 5.02 Å². The Hall–Kier alpha value is -0.920. The van der Waals surface area contributed by atoms with E-state index in [0.717, 1.165) is 6.07 Å². The van der Waals surface area contributed by atoms with Crippen LogP contribution < -0.4 is 0 Å². The molecular weight excluding hydrogens is 272 g/mol. The molecule has 0 radical (unpaired) electrons. The van der Waals surface area contributed by atoms with Gasteiger partial charge in [-0.1, -0.05) is 11.6 Å². The molecule has 0 amide bonds. The molecule has 9 heteroatoms. The van der Waals surface area contributed by atoms with Gasteiger partial charge in [0.15, 0.2) is 0 Å². The molecule has 0 atom stereocenters. The summed E-state index contributed by atoms with van der Waals surface area (Å²) in [6, 6.07) is 1.36. The van der Waals surface area contributed by atoms with Gasteiger partial charge in [0, 0.05) is 16.7 Å². The average Bonchev–Trinajstić information content (AvgIpc) is 2.00. The molecule has 0 aliphatic rings. The molecule has 0 heterocycles. The van der Waals surface area contributed by atoms with Crippen molar-refractivity contribution < 1.29 is 17.7 Å². The van der Waals surface area contributed by atoms with E-state index in [1.807, 2.05) is 0 Å². The number of nitro groups is 1. The molecule has 0 spiro atoms. The zero-order valence-corrected chi connectivity index (χ0v) is 9.11. The smallest absolute Gasteiger partial charge is 0.258 e. The van der Waals surface area contributed by atoms with Crippen LogP contribution in [0.4, 0.5) is 10.1 Å². The number of rotatable bonds is 2. The molecule has 0 aromatic heterocycles. The number of benzene rings is 1. The Kier molecular flexibility index (Phi) is 3.17. The van der Waals surface area contributed by atoms with Crippen molar-refractivity contribution in [1.82, 2.24) is 0 Å². The lowest BCUT2D eigenvalue weighted by Crippen LogP contribution is -2.00. The Balaban J connectivity index is 3.66. The van der Waals surface area contributed by atoms with Crippen molar-refractivity contribution in [2.24, 2.45) is 0 Å². The van der Waals surface area contributed by atoms with Crippen LogP contribution in [0.25, 0.3) is 0 Å². The summed E-state index contributed by atoms with van der Waals surface area (Å²) in [7, 11) is 0.412. The highest BCUT2D eigenvalue weighted by Gasteiger charge is 2.27. The second-order valence-electron chi connectivity index (χ2n) is 2.40. The highest BCUT2D eigenvalue weighted by molar-refractivity contribution is 8.13. The molecule has 0 N–H and O–H groups in total. The Morgan fingerprint density at radius 1 is 1.40 bits per heavy atom. The van der Waals surface area contributed by atoms with Gasteiger partial charge in [-0.3, -0.25) is 10.1 Å². The summed E-state index contributed by atoms with van der Waals surface area (Å²) in [5.41, 5.74) is -0.725. The molecular formula is C6H2Cl2FNO4S. The zero-order chi connectivity index (χ0) is 11.8. The van der Waals surface area contributed by atoms with Crippen molar-refractivity contribution in [3.63, 3.8) is 0 Å². The maximum absolute atomic E-state index is 13.0. The Labute approximate surface area is 93.0 Å². The van der Waals surface area contributed by atoms with Gasteiger partial charge in [0.05, 0.1) is 4.92 Å². The molecule has 0 aliphatic carbocycles. The minimum absolute atomic E-state index is 0.610. The van der Waals surface area contributed by atoms with Crippen molar-refractivity contribution in [3.05, 3.63) is 33.1 Å². The van der Waals surface area contributed by atoms with Crippen molar-refractivity contribution in [3.8, 4) is 0 Å². The van der Waals surface area contributed by atoms with Crippen molar-refractivity contribution in [2.45, 2.75) is 4.90 Å². The Morgan fingerprint density at radius 3 is 2.33 bits per heavy atom. The monoisotopic (exact) mass is 273 g/mol. The minimum Gasteiger partial charge on any atom is -0.258 e. The molecule has 0 unspecified atom stereocenters. The number of nitrogens with zero attached hydrogens (tertiary/aromatic N) is 1. The van der Waals surface area contributed by atoms with E-state index in [9.17, 15) is 22.9 Å². The van der Waals surface area contributed by atoms with E-state index >= 15 is 0 Å². The third-order valence-corrected chi connectivity index (χ3v) is 3.31. The lowest BCUT2D eigenvalue weighted by atomic mass is 10.3. The summed E-state index contributed by atoms with van der Waals surface area (Å²) in [6.07, 6.45) is 0. The summed E-state index contributed by atoms with van der Waals surface area (Å²) in [6.45, 7) is 0. The van der Waals surface area contributed by atoms with Gasteiger partial charge in [0.25, 0.3) is 14.7 Å². The quantitative estimate of drug-likeness (QED) is 0.471. The molecule has 1 rings (SSSR count). The van der Waals surface area contributed by atoms with E-state index < -0.39 is 35.4 Å². The van der Waals surface area contributed by atoms with Gasteiger partial charge < -0.3 is 0 Å². The summed E-state index contributed by atoms with van der Waals surface area (Å²) in [5.74, 6) is -1.24. The number of nitro benzene ring substituents is 1. The third-order valence-electron chi connectivity index (χ3n) is 1.47. The standard InChI is InChI=1S/C6H2Cl2FNO4S/c7-5-4(10(11)12)2-1-3(9)6(5)15(8,13)14/h1-2H. The molecule has 1 aromatic carbocycles. The topological polar surface area (TPSA) is 77.3 Å². The van der Waals surface area contributed by atoms with Crippen molar-refractivity contribution in [1.29, 1.82) is 0 Å². The second kappa shape index (κ2) is 3.92. The molecule has 1 aromatic rings. The third kappa shape index (κ3) is 2.36. The first-order valence-electron chi connectivity index (χ1n) is 3.32. The fraction of sp³-hybridized carbons (Fsp3) is 0. The first-order valence-corrected chi connectivity index (χ1v) is 6.01. The predicted octanol–water partition coefficient (Wildman–Crippen LogP) is 2.31. The number of hydrogen-bond acceptors (Lipinski definition) is 4. The van der Waals surface area contributed by atoms with E-state index in [1.165, 1.54) is 0 Å². The van der Waals surface area contributed by atoms with E-state index in [-0.39, 0.29) is 0 Å². The first kappa shape index (κ1) is 12.2. The molecule has 0 bridgehead atoms. The lowest BCUT2D eigenvalue weighted by Gasteiger charge is -2.01. The molecule has 82 valence electrons. The molecule has 0 fully saturated rings. The fourth-order valence-corrected chi connectivity index (χ4v) is 2.60. The van der Waals surface area contributed by atoms with Crippen molar-refractivity contribution in [2.75, 3.05) is 0 Å². The largest absolute Gasteiger partial charge is 0.289 e. The van der Waals surface area contributed by atoms with Crippen molar-refractivity contribution >= 4 is 37.0 Å². The van der Waals surface area contributed by atoms with E-state index in [1.54, 1.807) is 0 Å². The molecule has 15 heavy (non-hydrogen) atoms. The van der Waals surface area contributed by atoms with Gasteiger partial charge in [-0.15, -0.1) is 0 Å². The number of hydrogen-bond donors (Lipinski definition) is 0. The van der Waals surface area contributed by atoms with Gasteiger partial charge in [-0.25, -0.2) is 12.8 Å². The van der Waals surface area contributed by atoms with Gasteiger partial charge in [0.1, 0.15) is 15.7 Å². The molecule has 0 saturated heterocycles. The van der Waals surface area contributed by atoms with Gasteiger partial charge >= 0.3 is 0 Å². The van der Waals surface area contributed by atoms with E-state index in [4.69, 9.17) is 22.3 Å². The van der Waals surface area contributed by atoms with Gasteiger partial charge in [-0.2, -0.15) is 0 Å². The van der Waals surface area contributed by atoms with Gasteiger partial charge in [0.2, 0.25) is 0 Å². The van der Waals surface area contributed by atoms with Crippen LogP contribution in [0.15, 0.2) is 17.0 Å². The normalized spacial score (nSPS) is 11.4. The van der Waals surface area contributed by atoms with Gasteiger partial charge in [-0.05, 0) is 6.07 Å². The van der Waals surface area contributed by atoms with Crippen LogP contribution in [-0.4, -0.2) is 13.3 Å². The fourth-order valence-electron chi connectivity index (χ4n) is 0.887. The average molecular weight is 274 g/mol. The Bertz CT molecular complexity index is 530. The Morgan fingerprint density at radius 2 is 1.93 bits per heavy atom. The highest BCUT2D eigenvalue weighted by Crippen LogP contribution is 2.34. The SMILES string of the molecule is O=[N+]([O-])c1ccc(F)c(S(=O)(=O)Cl)c1Cl. The summed E-state index contributed by atoms with van der Waals surface area (Å²) in [5, 5.41) is 9.54. The minimum atomic E-state index is -4.46. The maximum atomic E-state index is 13.0. The summed E-state index contributed by atoms with van der Waals surface area (Å²) in [4.78, 5) is 8.35.